The molecule has 4 aromatic carbocycles. The lowest BCUT2D eigenvalue weighted by Crippen LogP contribution is -2.17. The summed E-state index contributed by atoms with van der Waals surface area (Å²) in [5.41, 5.74) is 8.27. The van der Waals surface area contributed by atoms with Gasteiger partial charge in [-0.25, -0.2) is 9.97 Å². The number of benzene rings is 4. The van der Waals surface area contributed by atoms with E-state index in [-0.39, 0.29) is 16.6 Å². The van der Waals surface area contributed by atoms with Crippen LogP contribution in [0.5, 0.6) is 5.75 Å². The minimum atomic E-state index is -0.263. The Hall–Kier alpha value is -5.29. The molecule has 5 nitrogen and oxygen atoms in total. The van der Waals surface area contributed by atoms with Crippen molar-refractivity contribution >= 4 is 17.2 Å². The van der Waals surface area contributed by atoms with Crippen LogP contribution in [0, 0.1) is 0 Å². The van der Waals surface area contributed by atoms with Gasteiger partial charge < -0.3 is 5.11 Å². The van der Waals surface area contributed by atoms with Crippen LogP contribution < -0.4 is 4.90 Å². The smallest absolute Gasteiger partial charge is 0.137 e. The van der Waals surface area contributed by atoms with Crippen LogP contribution in [0.3, 0.4) is 0 Å². The third kappa shape index (κ3) is 6.27. The Labute approximate surface area is 272 Å². The maximum Gasteiger partial charge on any atom is 0.137 e. The Kier molecular flexibility index (Phi) is 8.18. The Morgan fingerprint density at radius 3 is 1.89 bits per heavy atom. The first kappa shape index (κ1) is 30.7. The highest BCUT2D eigenvalue weighted by Gasteiger charge is 2.27. The second kappa shape index (κ2) is 12.2. The minimum Gasteiger partial charge on any atom is -0.507 e. The molecule has 0 unspecified atom stereocenters. The highest BCUT2D eigenvalue weighted by Crippen LogP contribution is 2.43. The van der Waals surface area contributed by atoms with Gasteiger partial charge in [0.15, 0.2) is 0 Å². The second-order valence-electron chi connectivity index (χ2n) is 13.6. The summed E-state index contributed by atoms with van der Waals surface area (Å²) in [6, 6.07) is 38.8. The summed E-state index contributed by atoms with van der Waals surface area (Å²) in [4.78, 5) is 17.1. The molecule has 0 atom stereocenters. The number of para-hydroxylation sites is 1. The second-order valence-corrected chi connectivity index (χ2v) is 13.6. The van der Waals surface area contributed by atoms with E-state index >= 15 is 0 Å². The molecule has 0 saturated carbocycles. The van der Waals surface area contributed by atoms with E-state index in [1.54, 1.807) is 6.20 Å². The molecule has 6 aromatic rings. The molecule has 6 rings (SSSR count). The molecule has 46 heavy (non-hydrogen) atoms. The average Bonchev–Trinajstić information content (AvgIpc) is 3.05. The lowest BCUT2D eigenvalue weighted by molar-refractivity contribution is 0.446. The van der Waals surface area contributed by atoms with E-state index in [0.717, 1.165) is 50.8 Å². The van der Waals surface area contributed by atoms with E-state index in [9.17, 15) is 5.11 Å². The Morgan fingerprint density at radius 2 is 1.24 bits per heavy atom. The maximum atomic E-state index is 11.7. The van der Waals surface area contributed by atoms with Gasteiger partial charge in [0.05, 0.1) is 23.3 Å². The molecular weight excluding hydrogens is 564 g/mol. The maximum absolute atomic E-state index is 11.7. The zero-order valence-corrected chi connectivity index (χ0v) is 27.4. The van der Waals surface area contributed by atoms with Gasteiger partial charge in [-0.2, -0.15) is 0 Å². The zero-order valence-electron chi connectivity index (χ0n) is 27.4. The highest BCUT2D eigenvalue weighted by molar-refractivity contribution is 5.84. The quantitative estimate of drug-likeness (QED) is 0.205. The summed E-state index contributed by atoms with van der Waals surface area (Å²) in [7, 11) is 0. The molecule has 5 heteroatoms. The number of hydrogen-bond donors (Lipinski definition) is 1. The van der Waals surface area contributed by atoms with Crippen molar-refractivity contribution in [3.8, 4) is 39.5 Å². The van der Waals surface area contributed by atoms with Crippen LogP contribution in [0.2, 0.25) is 0 Å². The fraction of sp³-hybridized carbons (Fsp3) is 0.195. The van der Waals surface area contributed by atoms with E-state index in [0.29, 0.717) is 11.3 Å². The monoisotopic (exact) mass is 604 g/mol. The Bertz CT molecular complexity index is 1920. The van der Waals surface area contributed by atoms with Crippen LogP contribution in [-0.2, 0) is 10.8 Å². The van der Waals surface area contributed by atoms with Crippen LogP contribution >= 0.6 is 0 Å². The lowest BCUT2D eigenvalue weighted by Gasteiger charge is -2.27. The highest BCUT2D eigenvalue weighted by atomic mass is 16.3. The molecule has 2 heterocycles. The first-order chi connectivity index (χ1) is 22.0. The lowest BCUT2D eigenvalue weighted by atomic mass is 9.78. The fourth-order valence-electron chi connectivity index (χ4n) is 5.63. The molecule has 0 amide bonds. The molecule has 230 valence electrons. The van der Waals surface area contributed by atoms with Crippen molar-refractivity contribution in [2.24, 2.45) is 0 Å². The first-order valence-corrected chi connectivity index (χ1v) is 15.7. The predicted molar refractivity (Wildman–Crippen MR) is 190 cm³/mol. The number of rotatable bonds is 6. The van der Waals surface area contributed by atoms with Crippen LogP contribution in [0.4, 0.5) is 17.2 Å². The largest absolute Gasteiger partial charge is 0.507 e. The van der Waals surface area contributed by atoms with Crippen molar-refractivity contribution in [3.63, 3.8) is 0 Å². The van der Waals surface area contributed by atoms with Gasteiger partial charge in [0.2, 0.25) is 0 Å². The van der Waals surface area contributed by atoms with Crippen molar-refractivity contribution in [3.05, 3.63) is 139 Å². The molecule has 2 aromatic heterocycles. The van der Waals surface area contributed by atoms with Crippen molar-refractivity contribution < 1.29 is 5.11 Å². The molecule has 0 aliphatic heterocycles. The van der Waals surface area contributed by atoms with Gasteiger partial charge in [-0.1, -0.05) is 114 Å². The van der Waals surface area contributed by atoms with Gasteiger partial charge in [0.25, 0.3) is 0 Å². The van der Waals surface area contributed by atoms with Gasteiger partial charge in [-0.05, 0) is 58.9 Å². The van der Waals surface area contributed by atoms with E-state index in [2.05, 4.69) is 106 Å². The van der Waals surface area contributed by atoms with Gasteiger partial charge in [-0.15, -0.1) is 0 Å². The average molecular weight is 605 g/mol. The third-order valence-corrected chi connectivity index (χ3v) is 8.15. The molecule has 0 saturated heterocycles. The molecule has 0 radical (unpaired) electrons. The molecule has 0 bridgehead atoms. The number of anilines is 3. The molecule has 0 spiro atoms. The van der Waals surface area contributed by atoms with Crippen molar-refractivity contribution in [1.29, 1.82) is 0 Å². The zero-order chi connectivity index (χ0) is 32.5. The number of phenols is 1. The van der Waals surface area contributed by atoms with E-state index in [4.69, 9.17) is 9.97 Å². The molecule has 0 aliphatic rings. The summed E-state index contributed by atoms with van der Waals surface area (Å²) < 4.78 is 0. The van der Waals surface area contributed by atoms with Crippen LogP contribution in [0.15, 0.2) is 128 Å². The topological polar surface area (TPSA) is 62.1 Å². The molecular formula is C41H40N4O. The number of aromatic hydroxyl groups is 1. The van der Waals surface area contributed by atoms with Crippen LogP contribution in [-0.4, -0.2) is 20.1 Å². The summed E-state index contributed by atoms with van der Waals surface area (Å²) in [5.74, 6) is 1.06. The van der Waals surface area contributed by atoms with Crippen molar-refractivity contribution in [1.82, 2.24) is 15.0 Å². The van der Waals surface area contributed by atoms with E-state index < -0.39 is 0 Å². The van der Waals surface area contributed by atoms with Gasteiger partial charge >= 0.3 is 0 Å². The molecule has 0 fully saturated rings. The summed E-state index contributed by atoms with van der Waals surface area (Å²) in [6.07, 6.45) is 3.59. The molecule has 1 N–H and O–H groups in total. The van der Waals surface area contributed by atoms with Gasteiger partial charge in [0.1, 0.15) is 11.6 Å². The first-order valence-electron chi connectivity index (χ1n) is 15.7. The number of phenolic OH excluding ortho intramolecular Hbond substituents is 1. The molecule has 0 aliphatic carbocycles. The number of nitrogens with zero attached hydrogens (tertiary/aromatic N) is 4. The van der Waals surface area contributed by atoms with E-state index in [1.165, 1.54) is 0 Å². The van der Waals surface area contributed by atoms with Crippen LogP contribution in [0.25, 0.3) is 33.8 Å². The van der Waals surface area contributed by atoms with Crippen LogP contribution in [0.1, 0.15) is 52.7 Å². The predicted octanol–water partition coefficient (Wildman–Crippen LogP) is 10.6. The van der Waals surface area contributed by atoms with Crippen molar-refractivity contribution in [2.45, 2.75) is 52.4 Å². The third-order valence-electron chi connectivity index (χ3n) is 8.15. The Balaban J connectivity index is 1.58. The van der Waals surface area contributed by atoms with Crippen molar-refractivity contribution in [2.75, 3.05) is 4.90 Å². The normalized spacial score (nSPS) is 11.8. The van der Waals surface area contributed by atoms with Gasteiger partial charge in [0, 0.05) is 39.8 Å². The number of aromatic nitrogens is 3. The Morgan fingerprint density at radius 1 is 0.587 bits per heavy atom. The van der Waals surface area contributed by atoms with E-state index in [1.807, 2.05) is 66.9 Å². The fourth-order valence-corrected chi connectivity index (χ4v) is 5.63. The summed E-state index contributed by atoms with van der Waals surface area (Å²) in [6.45, 7) is 12.9. The summed E-state index contributed by atoms with van der Waals surface area (Å²) in [5, 5.41) is 11.7. The SMILES string of the molecule is CC(C)(C)c1cc(-c2cnc(-c3ccccc3)c(-c3cccc(N(c4ccccc4)c4ccccn4)c3)n2)c(O)c(C(C)(C)C)c1. The minimum absolute atomic E-state index is 0.122. The number of hydrogen-bond acceptors (Lipinski definition) is 5. The standard InChI is InChI=1S/C41H40N4O/c1-40(2,3)30-25-33(39(46)34(26-30)41(4,5)6)35-27-43-37(28-16-9-7-10-17-28)38(44-35)29-18-15-21-32(24-29)45(31-19-11-8-12-20-31)36-22-13-14-23-42-36/h7-27,46H,1-6H3. The summed E-state index contributed by atoms with van der Waals surface area (Å²) >= 11 is 0. The van der Waals surface area contributed by atoms with Gasteiger partial charge in [-0.3, -0.25) is 9.88 Å². The number of pyridine rings is 1.